The Balaban J connectivity index is 1.50. The second kappa shape index (κ2) is 10.2. The number of imide groups is 1. The van der Waals surface area contributed by atoms with Crippen LogP contribution in [0.5, 0.6) is 0 Å². The molecule has 3 N–H and O–H groups in total. The minimum atomic E-state index is -3.55. The van der Waals surface area contributed by atoms with E-state index in [1.54, 1.807) is 18.2 Å². The number of nitrogens with zero attached hydrogens (tertiary/aromatic N) is 1. The van der Waals surface area contributed by atoms with Gasteiger partial charge in [-0.25, -0.2) is 13.2 Å². The van der Waals surface area contributed by atoms with E-state index in [-0.39, 0.29) is 11.4 Å². The third kappa shape index (κ3) is 6.04. The summed E-state index contributed by atoms with van der Waals surface area (Å²) in [5, 5.41) is 7.71. The molecule has 30 heavy (non-hydrogen) atoms. The number of sulfonamides is 1. The van der Waals surface area contributed by atoms with E-state index in [1.807, 2.05) is 30.3 Å². The van der Waals surface area contributed by atoms with Gasteiger partial charge in [-0.1, -0.05) is 42.8 Å². The molecule has 0 unspecified atom stereocenters. The molecule has 1 saturated heterocycles. The van der Waals surface area contributed by atoms with Crippen LogP contribution in [0.15, 0.2) is 59.5 Å². The van der Waals surface area contributed by atoms with Crippen LogP contribution in [0.25, 0.3) is 0 Å². The Morgan fingerprint density at radius 1 is 0.933 bits per heavy atom. The molecule has 0 atom stereocenters. The molecule has 8 nitrogen and oxygen atoms in total. The summed E-state index contributed by atoms with van der Waals surface area (Å²) in [5.41, 5.74) is 1.41. The van der Waals surface area contributed by atoms with Crippen LogP contribution in [0.4, 0.5) is 10.5 Å². The van der Waals surface area contributed by atoms with Crippen LogP contribution in [0.3, 0.4) is 0 Å². The highest BCUT2D eigenvalue weighted by Crippen LogP contribution is 2.22. The van der Waals surface area contributed by atoms with Gasteiger partial charge in [0.15, 0.2) is 0 Å². The molecular weight excluding hydrogens is 404 g/mol. The van der Waals surface area contributed by atoms with Crippen molar-refractivity contribution in [2.45, 2.75) is 30.7 Å². The Morgan fingerprint density at radius 2 is 1.67 bits per heavy atom. The summed E-state index contributed by atoms with van der Waals surface area (Å²) in [6, 6.07) is 15.1. The fourth-order valence-electron chi connectivity index (χ4n) is 3.20. The van der Waals surface area contributed by atoms with Crippen molar-refractivity contribution in [3.63, 3.8) is 0 Å². The Morgan fingerprint density at radius 3 is 2.40 bits per heavy atom. The molecule has 1 aliphatic rings. The van der Waals surface area contributed by atoms with E-state index in [9.17, 15) is 18.0 Å². The maximum Gasteiger partial charge on any atom is 0.321 e. The molecule has 160 valence electrons. The zero-order chi connectivity index (χ0) is 21.4. The molecule has 0 saturated carbocycles. The smallest absolute Gasteiger partial charge is 0.321 e. The van der Waals surface area contributed by atoms with Crippen LogP contribution in [-0.2, 0) is 21.4 Å². The molecule has 0 aliphatic carbocycles. The van der Waals surface area contributed by atoms with Crippen LogP contribution in [-0.4, -0.2) is 44.3 Å². The Bertz CT molecular complexity index is 974. The normalized spacial score (nSPS) is 14.7. The highest BCUT2D eigenvalue weighted by molar-refractivity contribution is 7.89. The molecule has 1 aliphatic heterocycles. The van der Waals surface area contributed by atoms with Gasteiger partial charge in [0, 0.05) is 25.3 Å². The molecule has 2 aromatic rings. The maximum absolute atomic E-state index is 12.8. The number of piperidine rings is 1. The van der Waals surface area contributed by atoms with Gasteiger partial charge >= 0.3 is 6.03 Å². The summed E-state index contributed by atoms with van der Waals surface area (Å²) in [4.78, 5) is 24.0. The first-order chi connectivity index (χ1) is 14.4. The standard InChI is InChI=1S/C21H26N4O4S/c26-20(24-21(27)23-15-17-8-3-1-4-9-17)16-22-18-10-7-11-19(14-18)30(28,29)25-12-5-2-6-13-25/h1,3-4,7-11,14,22H,2,5-6,12-13,15-16H2,(H2,23,24,26,27). The number of benzene rings is 2. The zero-order valence-electron chi connectivity index (χ0n) is 16.6. The molecule has 2 aromatic carbocycles. The van der Waals surface area contributed by atoms with Crippen LogP contribution in [0, 0.1) is 0 Å². The summed E-state index contributed by atoms with van der Waals surface area (Å²) in [5.74, 6) is -0.523. The van der Waals surface area contributed by atoms with Crippen LogP contribution in [0.1, 0.15) is 24.8 Å². The van der Waals surface area contributed by atoms with Crippen molar-refractivity contribution in [3.8, 4) is 0 Å². The van der Waals surface area contributed by atoms with Crippen molar-refractivity contribution in [2.24, 2.45) is 0 Å². The van der Waals surface area contributed by atoms with E-state index >= 15 is 0 Å². The fourth-order valence-corrected chi connectivity index (χ4v) is 4.76. The van der Waals surface area contributed by atoms with E-state index in [0.29, 0.717) is 25.3 Å². The fraction of sp³-hybridized carbons (Fsp3) is 0.333. The van der Waals surface area contributed by atoms with Crippen molar-refractivity contribution in [1.82, 2.24) is 14.9 Å². The lowest BCUT2D eigenvalue weighted by molar-refractivity contribution is -0.118. The predicted molar refractivity (Wildman–Crippen MR) is 114 cm³/mol. The van der Waals surface area contributed by atoms with E-state index in [2.05, 4.69) is 16.0 Å². The van der Waals surface area contributed by atoms with Gasteiger partial charge in [0.25, 0.3) is 0 Å². The molecule has 3 rings (SSSR count). The lowest BCUT2D eigenvalue weighted by Crippen LogP contribution is -2.41. The van der Waals surface area contributed by atoms with Gasteiger partial charge in [-0.2, -0.15) is 4.31 Å². The number of rotatable bonds is 7. The summed E-state index contributed by atoms with van der Waals surface area (Å²) < 4.78 is 27.1. The molecular formula is C21H26N4O4S. The highest BCUT2D eigenvalue weighted by Gasteiger charge is 2.26. The van der Waals surface area contributed by atoms with Crippen LogP contribution in [0.2, 0.25) is 0 Å². The lowest BCUT2D eigenvalue weighted by Gasteiger charge is -2.26. The predicted octanol–water partition coefficient (Wildman–Crippen LogP) is 2.30. The monoisotopic (exact) mass is 430 g/mol. The Labute approximate surface area is 176 Å². The number of carbonyl (C=O) groups excluding carboxylic acids is 2. The van der Waals surface area contributed by atoms with Crippen LogP contribution < -0.4 is 16.0 Å². The Hall–Kier alpha value is -2.91. The molecule has 1 fully saturated rings. The first kappa shape index (κ1) is 21.8. The average Bonchev–Trinajstić information content (AvgIpc) is 2.78. The highest BCUT2D eigenvalue weighted by atomic mass is 32.2. The van der Waals surface area contributed by atoms with Gasteiger partial charge in [0.05, 0.1) is 11.4 Å². The topological polar surface area (TPSA) is 108 Å². The molecule has 0 spiro atoms. The van der Waals surface area contributed by atoms with Gasteiger partial charge in [0.2, 0.25) is 15.9 Å². The quantitative estimate of drug-likeness (QED) is 0.625. The van der Waals surface area contributed by atoms with E-state index in [1.165, 1.54) is 10.4 Å². The number of amides is 3. The number of hydrogen-bond acceptors (Lipinski definition) is 5. The minimum Gasteiger partial charge on any atom is -0.376 e. The second-order valence-electron chi connectivity index (χ2n) is 7.06. The number of urea groups is 1. The largest absolute Gasteiger partial charge is 0.376 e. The lowest BCUT2D eigenvalue weighted by atomic mass is 10.2. The summed E-state index contributed by atoms with van der Waals surface area (Å²) >= 11 is 0. The number of carbonyl (C=O) groups is 2. The van der Waals surface area contributed by atoms with Crippen molar-refractivity contribution in [1.29, 1.82) is 0 Å². The third-order valence-corrected chi connectivity index (χ3v) is 6.68. The second-order valence-corrected chi connectivity index (χ2v) is 9.00. The molecule has 1 heterocycles. The number of nitrogens with one attached hydrogen (secondary N) is 3. The van der Waals surface area contributed by atoms with E-state index in [0.717, 1.165) is 24.8 Å². The van der Waals surface area contributed by atoms with Crippen molar-refractivity contribution in [3.05, 3.63) is 60.2 Å². The summed E-state index contributed by atoms with van der Waals surface area (Å²) in [6.45, 7) is 1.21. The maximum atomic E-state index is 12.8. The van der Waals surface area contributed by atoms with Crippen molar-refractivity contribution >= 4 is 27.6 Å². The molecule has 9 heteroatoms. The molecule has 3 amide bonds. The minimum absolute atomic E-state index is 0.161. The van der Waals surface area contributed by atoms with Gasteiger partial charge in [-0.3, -0.25) is 10.1 Å². The molecule has 0 radical (unpaired) electrons. The van der Waals surface area contributed by atoms with Crippen LogP contribution >= 0.6 is 0 Å². The molecule has 0 aromatic heterocycles. The molecule has 0 bridgehead atoms. The van der Waals surface area contributed by atoms with Gasteiger partial charge < -0.3 is 10.6 Å². The van der Waals surface area contributed by atoms with Crippen molar-refractivity contribution in [2.75, 3.05) is 25.0 Å². The van der Waals surface area contributed by atoms with Crippen molar-refractivity contribution < 1.29 is 18.0 Å². The number of anilines is 1. The summed E-state index contributed by atoms with van der Waals surface area (Å²) in [7, 11) is -3.55. The summed E-state index contributed by atoms with van der Waals surface area (Å²) in [6.07, 6.45) is 2.77. The van der Waals surface area contributed by atoms with E-state index in [4.69, 9.17) is 0 Å². The van der Waals surface area contributed by atoms with Gasteiger partial charge in [-0.05, 0) is 36.6 Å². The average molecular weight is 431 g/mol. The SMILES string of the molecule is O=C(CNc1cccc(S(=O)(=O)N2CCCCC2)c1)NC(=O)NCc1ccccc1. The first-order valence-electron chi connectivity index (χ1n) is 9.91. The first-order valence-corrected chi connectivity index (χ1v) is 11.3. The zero-order valence-corrected chi connectivity index (χ0v) is 17.5. The number of hydrogen-bond donors (Lipinski definition) is 3. The third-order valence-electron chi connectivity index (χ3n) is 4.79. The van der Waals surface area contributed by atoms with Gasteiger partial charge in [0.1, 0.15) is 0 Å². The van der Waals surface area contributed by atoms with Gasteiger partial charge in [-0.15, -0.1) is 0 Å². The van der Waals surface area contributed by atoms with E-state index < -0.39 is 22.0 Å². The Kier molecular flexibility index (Phi) is 7.42.